The molecule has 2 aromatic carbocycles. The van der Waals surface area contributed by atoms with E-state index in [2.05, 4.69) is 15.7 Å². The van der Waals surface area contributed by atoms with Gasteiger partial charge in [0.05, 0.1) is 23.0 Å². The first-order chi connectivity index (χ1) is 16.0. The number of hydrogen-bond acceptors (Lipinski definition) is 4. The second-order valence-corrected chi connectivity index (χ2v) is 8.21. The lowest BCUT2D eigenvalue weighted by Gasteiger charge is -2.32. The van der Waals surface area contributed by atoms with Crippen molar-refractivity contribution >= 4 is 23.4 Å². The van der Waals surface area contributed by atoms with E-state index in [1.807, 2.05) is 11.0 Å². The molecule has 170 valence electrons. The van der Waals surface area contributed by atoms with Crippen LogP contribution in [-0.4, -0.2) is 52.0 Å². The lowest BCUT2D eigenvalue weighted by atomic mass is 9.96. The van der Waals surface area contributed by atoms with Crippen molar-refractivity contribution in [1.82, 2.24) is 20.0 Å². The van der Waals surface area contributed by atoms with E-state index in [0.717, 1.165) is 12.8 Å². The van der Waals surface area contributed by atoms with Crippen LogP contribution in [0.15, 0.2) is 67.0 Å². The molecule has 3 amide bonds. The molecule has 0 aliphatic carbocycles. The van der Waals surface area contributed by atoms with Gasteiger partial charge in [-0.15, -0.1) is 0 Å². The minimum Gasteiger partial charge on any atom is -0.352 e. The zero-order valence-corrected chi connectivity index (χ0v) is 18.5. The van der Waals surface area contributed by atoms with Gasteiger partial charge in [0.2, 0.25) is 0 Å². The number of anilines is 1. The minimum atomic E-state index is -0.251. The number of nitrogens with one attached hydrogen (secondary N) is 2. The number of likely N-dealkylation sites (tertiary alicyclic amines) is 1. The fourth-order valence-corrected chi connectivity index (χ4v) is 3.95. The number of carbonyl (C=O) groups is 3. The number of hydrogen-bond donors (Lipinski definition) is 2. The first-order valence-electron chi connectivity index (χ1n) is 11.0. The molecule has 1 saturated heterocycles. The van der Waals surface area contributed by atoms with Gasteiger partial charge in [0.25, 0.3) is 17.7 Å². The molecule has 0 atom stereocenters. The number of aromatic nitrogens is 2. The van der Waals surface area contributed by atoms with Gasteiger partial charge in [-0.25, -0.2) is 0 Å². The molecule has 0 spiro atoms. The summed E-state index contributed by atoms with van der Waals surface area (Å²) in [4.78, 5) is 39.8. The van der Waals surface area contributed by atoms with Gasteiger partial charge < -0.3 is 15.5 Å². The third-order valence-corrected chi connectivity index (χ3v) is 5.86. The van der Waals surface area contributed by atoms with Gasteiger partial charge in [0, 0.05) is 38.4 Å². The summed E-state index contributed by atoms with van der Waals surface area (Å²) in [5, 5.41) is 9.84. The average molecular weight is 446 g/mol. The summed E-state index contributed by atoms with van der Waals surface area (Å²) < 4.78 is 1.60. The van der Waals surface area contributed by atoms with Gasteiger partial charge >= 0.3 is 0 Å². The molecule has 8 nitrogen and oxygen atoms in total. The van der Waals surface area contributed by atoms with Crippen LogP contribution >= 0.6 is 0 Å². The van der Waals surface area contributed by atoms with Crippen LogP contribution in [-0.2, 0) is 7.05 Å². The van der Waals surface area contributed by atoms with E-state index in [1.165, 1.54) is 0 Å². The van der Waals surface area contributed by atoms with Crippen molar-refractivity contribution in [3.63, 3.8) is 0 Å². The topological polar surface area (TPSA) is 96.3 Å². The molecular weight excluding hydrogens is 418 g/mol. The van der Waals surface area contributed by atoms with Crippen molar-refractivity contribution < 1.29 is 14.4 Å². The van der Waals surface area contributed by atoms with Crippen LogP contribution in [0.2, 0.25) is 0 Å². The van der Waals surface area contributed by atoms with Gasteiger partial charge in [-0.2, -0.15) is 5.10 Å². The Hall–Kier alpha value is -3.94. The van der Waals surface area contributed by atoms with E-state index in [-0.39, 0.29) is 17.7 Å². The minimum absolute atomic E-state index is 0.100. The quantitative estimate of drug-likeness (QED) is 0.610. The second kappa shape index (κ2) is 10.1. The monoisotopic (exact) mass is 445 g/mol. The molecule has 0 saturated carbocycles. The standard InChI is InChI=1S/C25H27N5O3/c1-29-17-20(16-27-29)23(31)26-15-18-11-13-30(14-12-18)25(33)21-9-5-6-10-22(21)28-24(32)19-7-3-2-4-8-19/h2-10,16-18H,11-15H2,1H3,(H,26,31)(H,28,32). The van der Waals surface area contributed by atoms with Crippen molar-refractivity contribution in [3.05, 3.63) is 83.7 Å². The fraction of sp³-hybridized carbons (Fsp3) is 0.280. The smallest absolute Gasteiger partial charge is 0.255 e. The van der Waals surface area contributed by atoms with E-state index < -0.39 is 0 Å². The first-order valence-corrected chi connectivity index (χ1v) is 11.0. The fourth-order valence-electron chi connectivity index (χ4n) is 3.95. The molecule has 1 aliphatic heterocycles. The third-order valence-electron chi connectivity index (χ3n) is 5.86. The highest BCUT2D eigenvalue weighted by molar-refractivity contribution is 6.09. The Morgan fingerprint density at radius 3 is 2.33 bits per heavy atom. The number of aryl methyl sites for hydroxylation is 1. The van der Waals surface area contributed by atoms with Crippen molar-refractivity contribution in [2.24, 2.45) is 13.0 Å². The van der Waals surface area contributed by atoms with Crippen molar-refractivity contribution in [2.75, 3.05) is 25.0 Å². The Bertz CT molecular complexity index is 1130. The predicted molar refractivity (Wildman–Crippen MR) is 125 cm³/mol. The number of rotatable bonds is 6. The highest BCUT2D eigenvalue weighted by Crippen LogP contribution is 2.23. The maximum Gasteiger partial charge on any atom is 0.255 e. The van der Waals surface area contributed by atoms with Gasteiger partial charge in [-0.05, 0) is 43.0 Å². The average Bonchev–Trinajstić information content (AvgIpc) is 3.29. The highest BCUT2D eigenvalue weighted by atomic mass is 16.2. The molecular formula is C25H27N5O3. The zero-order valence-electron chi connectivity index (χ0n) is 18.5. The van der Waals surface area contributed by atoms with Gasteiger partial charge in [0.1, 0.15) is 0 Å². The third kappa shape index (κ3) is 5.46. The Labute approximate surface area is 192 Å². The SMILES string of the molecule is Cn1cc(C(=O)NCC2CCN(C(=O)c3ccccc3NC(=O)c3ccccc3)CC2)cn1. The largest absolute Gasteiger partial charge is 0.352 e. The summed E-state index contributed by atoms with van der Waals surface area (Å²) in [7, 11) is 1.77. The summed E-state index contributed by atoms with van der Waals surface area (Å²) in [6.07, 6.45) is 4.84. The number of para-hydroxylation sites is 1. The highest BCUT2D eigenvalue weighted by Gasteiger charge is 2.26. The lowest BCUT2D eigenvalue weighted by molar-refractivity contribution is 0.0685. The Balaban J connectivity index is 1.32. The molecule has 1 fully saturated rings. The van der Waals surface area contributed by atoms with Crippen molar-refractivity contribution in [3.8, 4) is 0 Å². The molecule has 0 unspecified atom stereocenters. The van der Waals surface area contributed by atoms with Crippen LogP contribution in [0.4, 0.5) is 5.69 Å². The molecule has 2 heterocycles. The molecule has 8 heteroatoms. The molecule has 4 rings (SSSR count). The van der Waals surface area contributed by atoms with Gasteiger partial charge in [0.15, 0.2) is 0 Å². The van der Waals surface area contributed by atoms with Gasteiger partial charge in [-0.1, -0.05) is 30.3 Å². The maximum absolute atomic E-state index is 13.2. The van der Waals surface area contributed by atoms with Crippen LogP contribution in [0.25, 0.3) is 0 Å². The Morgan fingerprint density at radius 2 is 1.64 bits per heavy atom. The molecule has 0 bridgehead atoms. The maximum atomic E-state index is 13.2. The number of benzene rings is 2. The van der Waals surface area contributed by atoms with E-state index in [1.54, 1.807) is 72.7 Å². The summed E-state index contributed by atoms with van der Waals surface area (Å²) in [5.41, 5.74) is 2.06. The summed E-state index contributed by atoms with van der Waals surface area (Å²) in [6, 6.07) is 16.0. The van der Waals surface area contributed by atoms with Crippen LogP contribution < -0.4 is 10.6 Å². The van der Waals surface area contributed by atoms with Crippen molar-refractivity contribution in [2.45, 2.75) is 12.8 Å². The van der Waals surface area contributed by atoms with Crippen LogP contribution in [0.1, 0.15) is 43.9 Å². The Morgan fingerprint density at radius 1 is 0.939 bits per heavy atom. The van der Waals surface area contributed by atoms with E-state index in [0.29, 0.717) is 47.9 Å². The van der Waals surface area contributed by atoms with Crippen LogP contribution in [0, 0.1) is 5.92 Å². The summed E-state index contributed by atoms with van der Waals surface area (Å²) in [6.45, 7) is 1.78. The van der Waals surface area contributed by atoms with E-state index in [9.17, 15) is 14.4 Å². The summed E-state index contributed by atoms with van der Waals surface area (Å²) >= 11 is 0. The number of nitrogens with zero attached hydrogens (tertiary/aromatic N) is 3. The Kier molecular flexibility index (Phi) is 6.83. The number of amides is 3. The molecule has 1 aromatic heterocycles. The van der Waals surface area contributed by atoms with E-state index in [4.69, 9.17) is 0 Å². The number of piperidine rings is 1. The first kappa shape index (κ1) is 22.3. The molecule has 1 aliphatic rings. The van der Waals surface area contributed by atoms with Gasteiger partial charge in [-0.3, -0.25) is 19.1 Å². The summed E-state index contributed by atoms with van der Waals surface area (Å²) in [5.74, 6) is -0.178. The predicted octanol–water partition coefficient (Wildman–Crippen LogP) is 2.95. The molecule has 0 radical (unpaired) electrons. The van der Waals surface area contributed by atoms with Crippen LogP contribution in [0.3, 0.4) is 0 Å². The van der Waals surface area contributed by atoms with Crippen molar-refractivity contribution in [1.29, 1.82) is 0 Å². The second-order valence-electron chi connectivity index (χ2n) is 8.21. The number of carbonyl (C=O) groups excluding carboxylic acids is 3. The van der Waals surface area contributed by atoms with E-state index >= 15 is 0 Å². The van der Waals surface area contributed by atoms with Crippen LogP contribution in [0.5, 0.6) is 0 Å². The normalized spacial score (nSPS) is 14.0. The molecule has 33 heavy (non-hydrogen) atoms. The lowest BCUT2D eigenvalue weighted by Crippen LogP contribution is -2.41. The zero-order chi connectivity index (χ0) is 23.2. The molecule has 3 aromatic rings. The molecule has 2 N–H and O–H groups in total.